The van der Waals surface area contributed by atoms with Crippen molar-refractivity contribution in [2.24, 2.45) is 0 Å². The quantitative estimate of drug-likeness (QED) is 0.763. The van der Waals surface area contributed by atoms with E-state index in [9.17, 15) is 9.59 Å². The molecular formula is C12H15NO3. The highest BCUT2D eigenvalue weighted by atomic mass is 16.4. The molecule has 1 aromatic carbocycles. The SMILES string of the molecule is CC(c1ccccc1)C(C(=O)O)N(C)C=O. The van der Waals surface area contributed by atoms with Crippen LogP contribution in [-0.2, 0) is 9.59 Å². The van der Waals surface area contributed by atoms with E-state index < -0.39 is 12.0 Å². The maximum absolute atomic E-state index is 11.1. The lowest BCUT2D eigenvalue weighted by atomic mass is 9.93. The standard InChI is InChI=1S/C12H15NO3/c1-9(10-6-4-3-5-7-10)11(12(15)16)13(2)8-14/h3-9,11H,1-2H3,(H,15,16). The highest BCUT2D eigenvalue weighted by Crippen LogP contribution is 2.21. The Morgan fingerprint density at radius 1 is 1.38 bits per heavy atom. The van der Waals surface area contributed by atoms with Crippen molar-refractivity contribution < 1.29 is 14.7 Å². The average molecular weight is 221 g/mol. The fourth-order valence-corrected chi connectivity index (χ4v) is 1.75. The van der Waals surface area contributed by atoms with E-state index in [1.807, 2.05) is 30.3 Å². The van der Waals surface area contributed by atoms with Gasteiger partial charge in [-0.2, -0.15) is 0 Å². The van der Waals surface area contributed by atoms with Crippen molar-refractivity contribution >= 4 is 12.4 Å². The molecule has 0 saturated heterocycles. The van der Waals surface area contributed by atoms with E-state index in [1.54, 1.807) is 6.92 Å². The van der Waals surface area contributed by atoms with Crippen LogP contribution in [0.4, 0.5) is 0 Å². The minimum atomic E-state index is -0.994. The number of carbonyl (C=O) groups is 2. The summed E-state index contributed by atoms with van der Waals surface area (Å²) in [6, 6.07) is 8.46. The number of carboxylic acid groups (broad SMARTS) is 1. The largest absolute Gasteiger partial charge is 0.480 e. The van der Waals surface area contributed by atoms with Crippen LogP contribution in [0.2, 0.25) is 0 Å². The summed E-state index contributed by atoms with van der Waals surface area (Å²) in [5, 5.41) is 9.11. The van der Waals surface area contributed by atoms with Crippen LogP contribution in [-0.4, -0.2) is 35.5 Å². The zero-order valence-corrected chi connectivity index (χ0v) is 9.33. The van der Waals surface area contributed by atoms with Crippen molar-refractivity contribution in [3.63, 3.8) is 0 Å². The number of aliphatic carboxylic acids is 1. The Kier molecular flexibility index (Phi) is 4.05. The third kappa shape index (κ3) is 2.59. The average Bonchev–Trinajstić information content (AvgIpc) is 2.29. The Balaban J connectivity index is 2.96. The third-order valence-electron chi connectivity index (χ3n) is 2.66. The summed E-state index contributed by atoms with van der Waals surface area (Å²) in [5.74, 6) is -1.24. The van der Waals surface area contributed by atoms with Gasteiger partial charge in [-0.05, 0) is 5.56 Å². The summed E-state index contributed by atoms with van der Waals surface area (Å²) in [6.07, 6.45) is 0.540. The van der Waals surface area contributed by atoms with Crippen LogP contribution in [0.1, 0.15) is 18.4 Å². The van der Waals surface area contributed by atoms with Crippen molar-refractivity contribution in [2.45, 2.75) is 18.9 Å². The molecular weight excluding hydrogens is 206 g/mol. The van der Waals surface area contributed by atoms with E-state index in [1.165, 1.54) is 11.9 Å². The lowest BCUT2D eigenvalue weighted by molar-refractivity contribution is -0.146. The zero-order valence-electron chi connectivity index (χ0n) is 9.33. The number of carboxylic acids is 1. The number of amides is 1. The molecule has 2 atom stereocenters. The number of hydrogen-bond acceptors (Lipinski definition) is 2. The van der Waals surface area contributed by atoms with Crippen LogP contribution in [0.25, 0.3) is 0 Å². The van der Waals surface area contributed by atoms with Gasteiger partial charge in [0.2, 0.25) is 6.41 Å². The lowest BCUT2D eigenvalue weighted by Gasteiger charge is -2.26. The van der Waals surface area contributed by atoms with Gasteiger partial charge < -0.3 is 10.0 Å². The Labute approximate surface area is 94.5 Å². The van der Waals surface area contributed by atoms with Gasteiger partial charge in [0.15, 0.2) is 0 Å². The van der Waals surface area contributed by atoms with Crippen LogP contribution in [0.3, 0.4) is 0 Å². The van der Waals surface area contributed by atoms with Gasteiger partial charge in [-0.1, -0.05) is 37.3 Å². The first-order valence-corrected chi connectivity index (χ1v) is 5.03. The molecule has 0 saturated carbocycles. The highest BCUT2D eigenvalue weighted by molar-refractivity contribution is 5.77. The minimum Gasteiger partial charge on any atom is -0.480 e. The minimum absolute atomic E-state index is 0.242. The molecule has 0 fully saturated rings. The molecule has 86 valence electrons. The van der Waals surface area contributed by atoms with Gasteiger partial charge in [-0.15, -0.1) is 0 Å². The molecule has 16 heavy (non-hydrogen) atoms. The van der Waals surface area contributed by atoms with Crippen LogP contribution < -0.4 is 0 Å². The Hall–Kier alpha value is -1.84. The van der Waals surface area contributed by atoms with Gasteiger partial charge in [0.1, 0.15) is 6.04 Å². The second kappa shape index (κ2) is 5.30. The first-order valence-electron chi connectivity index (χ1n) is 5.03. The van der Waals surface area contributed by atoms with Crippen LogP contribution in [0, 0.1) is 0 Å². The smallest absolute Gasteiger partial charge is 0.327 e. The van der Waals surface area contributed by atoms with Crippen LogP contribution in [0.5, 0.6) is 0 Å². The molecule has 0 spiro atoms. The molecule has 1 amide bonds. The lowest BCUT2D eigenvalue weighted by Crippen LogP contribution is -2.41. The number of benzene rings is 1. The second-order valence-electron chi connectivity index (χ2n) is 3.75. The fourth-order valence-electron chi connectivity index (χ4n) is 1.75. The van der Waals surface area contributed by atoms with Crippen LogP contribution in [0.15, 0.2) is 30.3 Å². The summed E-state index contributed by atoms with van der Waals surface area (Å²) in [4.78, 5) is 22.9. The summed E-state index contributed by atoms with van der Waals surface area (Å²) in [6.45, 7) is 1.80. The van der Waals surface area contributed by atoms with E-state index in [0.29, 0.717) is 6.41 Å². The molecule has 0 bridgehead atoms. The number of nitrogens with zero attached hydrogens (tertiary/aromatic N) is 1. The topological polar surface area (TPSA) is 57.6 Å². The van der Waals surface area contributed by atoms with E-state index in [2.05, 4.69) is 0 Å². The predicted octanol–water partition coefficient (Wildman–Crippen LogP) is 1.33. The van der Waals surface area contributed by atoms with Gasteiger partial charge >= 0.3 is 5.97 Å². The normalized spacial score (nSPS) is 13.9. The van der Waals surface area contributed by atoms with Gasteiger partial charge in [0.25, 0.3) is 0 Å². The van der Waals surface area contributed by atoms with Crippen molar-refractivity contribution in [3.05, 3.63) is 35.9 Å². The van der Waals surface area contributed by atoms with Crippen LogP contribution >= 0.6 is 0 Å². The predicted molar refractivity (Wildman–Crippen MR) is 60.1 cm³/mol. The maximum Gasteiger partial charge on any atom is 0.327 e. The Morgan fingerprint density at radius 3 is 2.38 bits per heavy atom. The second-order valence-corrected chi connectivity index (χ2v) is 3.75. The molecule has 1 N–H and O–H groups in total. The van der Waals surface area contributed by atoms with Crippen molar-refractivity contribution in [1.82, 2.24) is 4.90 Å². The zero-order chi connectivity index (χ0) is 12.1. The number of hydrogen-bond donors (Lipinski definition) is 1. The Bertz CT molecular complexity index is 364. The molecule has 0 aromatic heterocycles. The van der Waals surface area contributed by atoms with E-state index in [0.717, 1.165) is 5.56 Å². The van der Waals surface area contributed by atoms with Crippen molar-refractivity contribution in [2.75, 3.05) is 7.05 Å². The number of carbonyl (C=O) groups excluding carboxylic acids is 1. The van der Waals surface area contributed by atoms with Crippen molar-refractivity contribution in [3.8, 4) is 0 Å². The summed E-state index contributed by atoms with van der Waals surface area (Å²) < 4.78 is 0. The number of likely N-dealkylation sites (N-methyl/N-ethyl adjacent to an activating group) is 1. The molecule has 0 aliphatic rings. The summed E-state index contributed by atoms with van der Waals surface area (Å²) in [5.41, 5.74) is 0.906. The van der Waals surface area contributed by atoms with E-state index in [-0.39, 0.29) is 5.92 Å². The monoisotopic (exact) mass is 221 g/mol. The van der Waals surface area contributed by atoms with E-state index >= 15 is 0 Å². The fraction of sp³-hybridized carbons (Fsp3) is 0.333. The first kappa shape index (κ1) is 12.2. The molecule has 0 heterocycles. The highest BCUT2D eigenvalue weighted by Gasteiger charge is 2.29. The number of rotatable bonds is 5. The van der Waals surface area contributed by atoms with Gasteiger partial charge in [0, 0.05) is 13.0 Å². The summed E-state index contributed by atoms with van der Waals surface area (Å²) >= 11 is 0. The Morgan fingerprint density at radius 2 is 1.94 bits per heavy atom. The van der Waals surface area contributed by atoms with Gasteiger partial charge in [-0.3, -0.25) is 4.79 Å². The maximum atomic E-state index is 11.1. The third-order valence-corrected chi connectivity index (χ3v) is 2.66. The molecule has 0 aliphatic carbocycles. The molecule has 0 aliphatic heterocycles. The molecule has 1 rings (SSSR count). The van der Waals surface area contributed by atoms with Gasteiger partial charge in [-0.25, -0.2) is 4.79 Å². The molecule has 2 unspecified atom stereocenters. The molecule has 4 heteroatoms. The van der Waals surface area contributed by atoms with E-state index in [4.69, 9.17) is 5.11 Å². The summed E-state index contributed by atoms with van der Waals surface area (Å²) in [7, 11) is 1.48. The molecule has 0 radical (unpaired) electrons. The van der Waals surface area contributed by atoms with Gasteiger partial charge in [0.05, 0.1) is 0 Å². The molecule has 1 aromatic rings. The molecule has 4 nitrogen and oxygen atoms in total. The van der Waals surface area contributed by atoms with Crippen molar-refractivity contribution in [1.29, 1.82) is 0 Å². The first-order chi connectivity index (χ1) is 7.57.